The summed E-state index contributed by atoms with van der Waals surface area (Å²) in [5.41, 5.74) is -0.637. The summed E-state index contributed by atoms with van der Waals surface area (Å²) >= 11 is 1.38. The van der Waals surface area contributed by atoms with Gasteiger partial charge in [-0.2, -0.15) is 18.2 Å². The molecule has 4 rings (SSSR count). The van der Waals surface area contributed by atoms with Crippen LogP contribution in [0.3, 0.4) is 0 Å². The van der Waals surface area contributed by atoms with Gasteiger partial charge in [0.1, 0.15) is 0 Å². The smallest absolute Gasteiger partial charge is 0.392 e. The van der Waals surface area contributed by atoms with Crippen LogP contribution in [0.15, 0.2) is 29.4 Å². The molecule has 1 N–H and O–H groups in total. The van der Waals surface area contributed by atoms with E-state index in [1.807, 2.05) is 15.7 Å². The van der Waals surface area contributed by atoms with Crippen molar-refractivity contribution in [2.45, 2.75) is 76.9 Å². The molecule has 0 aliphatic carbocycles. The van der Waals surface area contributed by atoms with Crippen molar-refractivity contribution in [1.29, 1.82) is 0 Å². The fraction of sp³-hybridized carbons (Fsp3) is 0.600. The summed E-state index contributed by atoms with van der Waals surface area (Å²) in [7, 11) is 0. The maximum absolute atomic E-state index is 13.5. The van der Waals surface area contributed by atoms with E-state index >= 15 is 0 Å². The molecule has 2 atom stereocenters. The number of benzene rings is 1. The van der Waals surface area contributed by atoms with Crippen LogP contribution in [0.5, 0.6) is 0 Å². The van der Waals surface area contributed by atoms with Gasteiger partial charge in [0.05, 0.1) is 24.3 Å². The predicted octanol–water partition coefficient (Wildman–Crippen LogP) is 4.35. The molecular weight excluding hydrogens is 479 g/mol. The quantitative estimate of drug-likeness (QED) is 0.648. The Morgan fingerprint density at radius 3 is 2.63 bits per heavy atom. The lowest BCUT2D eigenvalue weighted by Crippen LogP contribution is -2.25. The SMILES string of the molecule is CC(C)(C)c1cn(C[C@H]2CCCO2)c(=NC(=O)c2cc(C(F)(F)F)ccc2CN2CC[C@@H](O)C2)s1. The van der Waals surface area contributed by atoms with Gasteiger partial charge >= 0.3 is 6.18 Å². The largest absolute Gasteiger partial charge is 0.416 e. The highest BCUT2D eigenvalue weighted by atomic mass is 32.1. The van der Waals surface area contributed by atoms with Crippen molar-refractivity contribution in [3.05, 3.63) is 50.8 Å². The van der Waals surface area contributed by atoms with Gasteiger partial charge < -0.3 is 14.4 Å². The van der Waals surface area contributed by atoms with E-state index in [2.05, 4.69) is 25.8 Å². The molecule has 0 spiro atoms. The second-order valence-corrected chi connectivity index (χ2v) is 11.4. The Hall–Kier alpha value is -2.01. The standard InChI is InChI=1S/C25H32F3N3O3S/c1-24(2,3)21-15-31(14-19-5-4-10-34-19)23(35-21)29-22(33)20-11-17(25(26,27)28)7-6-16(20)12-30-9-8-18(32)13-30/h6-7,11,15,18-19,32H,4-5,8-10,12-14H2,1-3H3/t18-,19-/m1/s1. The number of amides is 1. The van der Waals surface area contributed by atoms with Crippen LogP contribution in [0.4, 0.5) is 13.2 Å². The number of carbonyl (C=O) groups is 1. The summed E-state index contributed by atoms with van der Waals surface area (Å²) in [6.45, 7) is 8.76. The van der Waals surface area contributed by atoms with Crippen LogP contribution in [0.1, 0.15) is 66.4 Å². The lowest BCUT2D eigenvalue weighted by molar-refractivity contribution is -0.137. The van der Waals surface area contributed by atoms with Crippen LogP contribution in [-0.2, 0) is 29.4 Å². The summed E-state index contributed by atoms with van der Waals surface area (Å²) in [6, 6.07) is 3.25. The molecule has 2 aromatic rings. The van der Waals surface area contributed by atoms with Crippen LogP contribution in [0.2, 0.25) is 0 Å². The number of alkyl halides is 3. The third-order valence-corrected chi connectivity index (χ3v) is 7.84. The van der Waals surface area contributed by atoms with E-state index < -0.39 is 23.8 Å². The predicted molar refractivity (Wildman–Crippen MR) is 127 cm³/mol. The zero-order valence-electron chi connectivity index (χ0n) is 20.3. The number of aliphatic hydroxyl groups excluding tert-OH is 1. The molecule has 192 valence electrons. The minimum Gasteiger partial charge on any atom is -0.392 e. The van der Waals surface area contributed by atoms with E-state index in [4.69, 9.17) is 4.74 Å². The van der Waals surface area contributed by atoms with E-state index in [1.54, 1.807) is 0 Å². The normalized spacial score (nSPS) is 22.3. The van der Waals surface area contributed by atoms with Gasteiger partial charge in [-0.3, -0.25) is 9.69 Å². The van der Waals surface area contributed by atoms with Gasteiger partial charge in [-0.1, -0.05) is 26.8 Å². The summed E-state index contributed by atoms with van der Waals surface area (Å²) in [6.07, 6.45) is -0.547. The first-order chi connectivity index (χ1) is 16.4. The van der Waals surface area contributed by atoms with E-state index in [0.717, 1.165) is 29.9 Å². The van der Waals surface area contributed by atoms with Crippen LogP contribution in [0.25, 0.3) is 0 Å². The van der Waals surface area contributed by atoms with E-state index in [0.29, 0.717) is 43.0 Å². The van der Waals surface area contributed by atoms with Crippen LogP contribution in [0, 0.1) is 0 Å². The first-order valence-electron chi connectivity index (χ1n) is 11.9. The molecule has 1 aromatic carbocycles. The summed E-state index contributed by atoms with van der Waals surface area (Å²) in [5, 5.41) is 9.83. The van der Waals surface area contributed by atoms with Crippen molar-refractivity contribution < 1.29 is 27.8 Å². The van der Waals surface area contributed by atoms with Crippen molar-refractivity contribution in [2.75, 3.05) is 19.7 Å². The number of likely N-dealkylation sites (tertiary alicyclic amines) is 1. The monoisotopic (exact) mass is 511 g/mol. The maximum atomic E-state index is 13.5. The molecule has 2 fully saturated rings. The maximum Gasteiger partial charge on any atom is 0.416 e. The molecule has 0 bridgehead atoms. The van der Waals surface area contributed by atoms with E-state index in [9.17, 15) is 23.1 Å². The highest BCUT2D eigenvalue weighted by molar-refractivity contribution is 7.09. The average Bonchev–Trinajstić information content (AvgIpc) is 3.50. The number of aromatic nitrogens is 1. The molecule has 2 aliphatic heterocycles. The van der Waals surface area contributed by atoms with Gasteiger partial charge in [0.2, 0.25) is 0 Å². The lowest BCUT2D eigenvalue weighted by Gasteiger charge is -2.18. The number of carbonyl (C=O) groups excluding carboxylic acids is 1. The molecule has 1 amide bonds. The Morgan fingerprint density at radius 1 is 1.26 bits per heavy atom. The molecule has 0 saturated carbocycles. The molecule has 0 radical (unpaired) electrons. The van der Waals surface area contributed by atoms with Gasteiger partial charge in [0.25, 0.3) is 5.91 Å². The third-order valence-electron chi connectivity index (χ3n) is 6.39. The first kappa shape index (κ1) is 26.1. The average molecular weight is 512 g/mol. The zero-order valence-corrected chi connectivity index (χ0v) is 21.1. The Balaban J connectivity index is 1.73. The summed E-state index contributed by atoms with van der Waals surface area (Å²) in [4.78, 5) is 21.1. The van der Waals surface area contributed by atoms with Crippen molar-refractivity contribution in [2.24, 2.45) is 4.99 Å². The number of ether oxygens (including phenoxy) is 1. The first-order valence-corrected chi connectivity index (χ1v) is 12.7. The van der Waals surface area contributed by atoms with Crippen molar-refractivity contribution >= 4 is 17.2 Å². The molecular formula is C25H32F3N3O3S. The zero-order chi connectivity index (χ0) is 25.4. The number of thiazole rings is 1. The fourth-order valence-corrected chi connectivity index (χ4v) is 5.44. The summed E-state index contributed by atoms with van der Waals surface area (Å²) in [5.74, 6) is -0.700. The Kier molecular flexibility index (Phi) is 7.57. The second-order valence-electron chi connectivity index (χ2n) is 10.4. The number of aliphatic hydroxyl groups is 1. The second kappa shape index (κ2) is 10.2. The van der Waals surface area contributed by atoms with Crippen LogP contribution in [-0.4, -0.2) is 52.4 Å². The minimum absolute atomic E-state index is 0.0252. The van der Waals surface area contributed by atoms with E-state index in [1.165, 1.54) is 17.4 Å². The van der Waals surface area contributed by atoms with Crippen molar-refractivity contribution in [3.63, 3.8) is 0 Å². The van der Waals surface area contributed by atoms with Crippen molar-refractivity contribution in [1.82, 2.24) is 9.47 Å². The molecule has 10 heteroatoms. The number of nitrogens with zero attached hydrogens (tertiary/aromatic N) is 3. The van der Waals surface area contributed by atoms with Crippen molar-refractivity contribution in [3.8, 4) is 0 Å². The minimum atomic E-state index is -4.57. The van der Waals surface area contributed by atoms with Crippen LogP contribution < -0.4 is 4.80 Å². The van der Waals surface area contributed by atoms with Gasteiger partial charge in [-0.15, -0.1) is 11.3 Å². The number of hydrogen-bond donors (Lipinski definition) is 1. The Labute approximate surface area is 207 Å². The van der Waals surface area contributed by atoms with Crippen LogP contribution >= 0.6 is 11.3 Å². The lowest BCUT2D eigenvalue weighted by atomic mass is 9.95. The van der Waals surface area contributed by atoms with Gasteiger partial charge in [0, 0.05) is 42.9 Å². The molecule has 6 nitrogen and oxygen atoms in total. The molecule has 1 aromatic heterocycles. The topological polar surface area (TPSA) is 67.1 Å². The molecule has 2 saturated heterocycles. The fourth-order valence-electron chi connectivity index (χ4n) is 4.39. The van der Waals surface area contributed by atoms with Gasteiger partial charge in [-0.05, 0) is 42.4 Å². The van der Waals surface area contributed by atoms with E-state index in [-0.39, 0.29) is 23.6 Å². The number of hydrogen-bond acceptors (Lipinski definition) is 5. The Bertz CT molecular complexity index is 1130. The summed E-state index contributed by atoms with van der Waals surface area (Å²) < 4.78 is 48.1. The van der Waals surface area contributed by atoms with Gasteiger partial charge in [-0.25, -0.2) is 0 Å². The number of rotatable bonds is 5. The number of β-amino-alcohol motifs (C(OH)–C–C–N with tert-alkyl or cyclic N) is 1. The molecule has 3 heterocycles. The molecule has 35 heavy (non-hydrogen) atoms. The molecule has 2 aliphatic rings. The molecule has 0 unspecified atom stereocenters. The Morgan fingerprint density at radius 2 is 2.03 bits per heavy atom. The third kappa shape index (κ3) is 6.41. The highest BCUT2D eigenvalue weighted by Gasteiger charge is 2.32. The number of halogens is 3. The highest BCUT2D eigenvalue weighted by Crippen LogP contribution is 2.32. The van der Waals surface area contributed by atoms with Gasteiger partial charge in [0.15, 0.2) is 4.80 Å².